The van der Waals surface area contributed by atoms with Crippen molar-refractivity contribution in [3.8, 4) is 5.13 Å². The average molecular weight is 501 g/mol. The smallest absolute Gasteiger partial charge is 0.268 e. The van der Waals surface area contributed by atoms with Crippen LogP contribution in [0.2, 0.25) is 0 Å². The van der Waals surface area contributed by atoms with Gasteiger partial charge in [0, 0.05) is 0 Å². The first-order valence-corrected chi connectivity index (χ1v) is 10.8. The highest BCUT2D eigenvalue weighted by Crippen LogP contribution is 2.29. The highest BCUT2D eigenvalue weighted by atomic mass is 127. The maximum absolute atomic E-state index is 13.3. The lowest BCUT2D eigenvalue weighted by Crippen LogP contribution is -2.13. The van der Waals surface area contributed by atoms with Crippen LogP contribution in [-0.2, 0) is 0 Å². The number of benzene rings is 2. The van der Waals surface area contributed by atoms with Gasteiger partial charge in [-0.2, -0.15) is 9.67 Å². The molecule has 6 rings (SSSR count). The summed E-state index contributed by atoms with van der Waals surface area (Å²) >= 11 is 5.20. The fourth-order valence-corrected chi connectivity index (χ4v) is 6.08. The summed E-state index contributed by atoms with van der Waals surface area (Å²) in [5, 5.41) is 5.85. The molecule has 0 amide bonds. The van der Waals surface area contributed by atoms with Gasteiger partial charge in [0.1, 0.15) is 9.09 Å². The summed E-state index contributed by atoms with van der Waals surface area (Å²) in [7, 11) is 0. The van der Waals surface area contributed by atoms with Crippen LogP contribution in [0.15, 0.2) is 53.3 Å². The molecule has 0 bridgehead atoms. The van der Waals surface area contributed by atoms with E-state index in [4.69, 9.17) is 0 Å². The van der Waals surface area contributed by atoms with Gasteiger partial charge in [-0.3, -0.25) is 9.20 Å². The van der Waals surface area contributed by atoms with E-state index in [0.29, 0.717) is 16.0 Å². The van der Waals surface area contributed by atoms with Gasteiger partial charge in [0.2, 0.25) is 5.13 Å². The fraction of sp³-hybridized carbons (Fsp3) is 0. The van der Waals surface area contributed by atoms with Crippen molar-refractivity contribution in [1.82, 2.24) is 24.1 Å². The van der Waals surface area contributed by atoms with Crippen LogP contribution in [0.25, 0.3) is 41.6 Å². The molecular formula is C18H8IN5OS2. The van der Waals surface area contributed by atoms with Gasteiger partial charge in [0.05, 0.1) is 20.4 Å². The van der Waals surface area contributed by atoms with Gasteiger partial charge < -0.3 is 0 Å². The second-order valence-electron chi connectivity index (χ2n) is 5.97. The van der Waals surface area contributed by atoms with Crippen LogP contribution in [0.5, 0.6) is 0 Å². The molecule has 0 radical (unpaired) electrons. The number of halogens is 1. The van der Waals surface area contributed by atoms with Crippen LogP contribution in [-0.4, -0.2) is 24.1 Å². The van der Waals surface area contributed by atoms with E-state index in [0.717, 1.165) is 29.3 Å². The third kappa shape index (κ3) is 2.15. The lowest BCUT2D eigenvalue weighted by molar-refractivity contribution is 0.861. The molecular weight excluding hydrogens is 493 g/mol. The van der Waals surface area contributed by atoms with Crippen molar-refractivity contribution in [3.63, 3.8) is 0 Å². The Balaban J connectivity index is 1.71. The Bertz CT molecular complexity index is 1540. The van der Waals surface area contributed by atoms with E-state index in [1.807, 2.05) is 48.5 Å². The predicted molar refractivity (Wildman–Crippen MR) is 117 cm³/mol. The second kappa shape index (κ2) is 5.57. The highest BCUT2D eigenvalue weighted by Gasteiger charge is 2.20. The molecule has 0 fully saturated rings. The Morgan fingerprint density at radius 1 is 0.926 bits per heavy atom. The van der Waals surface area contributed by atoms with Crippen molar-refractivity contribution in [2.45, 2.75) is 0 Å². The first-order chi connectivity index (χ1) is 13.2. The highest BCUT2D eigenvalue weighted by molar-refractivity contribution is 14.1. The van der Waals surface area contributed by atoms with Gasteiger partial charge >= 0.3 is 0 Å². The Labute approximate surface area is 172 Å². The molecule has 0 saturated heterocycles. The fourth-order valence-electron chi connectivity index (χ4n) is 3.17. The van der Waals surface area contributed by atoms with E-state index in [1.165, 1.54) is 11.3 Å². The predicted octanol–water partition coefficient (Wildman–Crippen LogP) is 4.46. The molecule has 4 heterocycles. The zero-order chi connectivity index (χ0) is 18.1. The van der Waals surface area contributed by atoms with Crippen LogP contribution < -0.4 is 5.56 Å². The first kappa shape index (κ1) is 15.7. The van der Waals surface area contributed by atoms with E-state index in [2.05, 4.69) is 37.7 Å². The van der Waals surface area contributed by atoms with Gasteiger partial charge in [-0.1, -0.05) is 46.9 Å². The molecule has 0 spiro atoms. The molecule has 0 aliphatic rings. The summed E-state index contributed by atoms with van der Waals surface area (Å²) in [5.41, 5.74) is 2.16. The van der Waals surface area contributed by atoms with Crippen molar-refractivity contribution >= 4 is 81.7 Å². The van der Waals surface area contributed by atoms with E-state index in [-0.39, 0.29) is 5.56 Å². The maximum Gasteiger partial charge on any atom is 0.271 e. The van der Waals surface area contributed by atoms with E-state index < -0.39 is 0 Å². The summed E-state index contributed by atoms with van der Waals surface area (Å²) in [6, 6.07) is 15.8. The van der Waals surface area contributed by atoms with Crippen LogP contribution >= 0.6 is 45.3 Å². The summed E-state index contributed by atoms with van der Waals surface area (Å²) in [5.74, 6) is 0. The molecule has 0 unspecified atom stereocenters. The normalized spacial score (nSPS) is 12.0. The Morgan fingerprint density at radius 3 is 2.56 bits per heavy atom. The second-order valence-corrected chi connectivity index (χ2v) is 9.01. The van der Waals surface area contributed by atoms with E-state index in [9.17, 15) is 4.79 Å². The lowest BCUT2D eigenvalue weighted by atomic mass is 10.3. The average Bonchev–Trinajstić information content (AvgIpc) is 3.34. The molecule has 130 valence electrons. The molecule has 9 heteroatoms. The number of thiazole rings is 2. The van der Waals surface area contributed by atoms with Crippen molar-refractivity contribution in [2.75, 3.05) is 0 Å². The number of aromatic nitrogens is 5. The van der Waals surface area contributed by atoms with Gasteiger partial charge in [-0.15, -0.1) is 5.10 Å². The number of para-hydroxylation sites is 2. The minimum absolute atomic E-state index is 0.0933. The monoisotopic (exact) mass is 501 g/mol. The van der Waals surface area contributed by atoms with Crippen LogP contribution in [0, 0.1) is 3.70 Å². The molecule has 0 aliphatic carbocycles. The Morgan fingerprint density at radius 2 is 1.70 bits per heavy atom. The summed E-state index contributed by atoms with van der Waals surface area (Å²) in [4.78, 5) is 23.2. The number of hydrogen-bond donors (Lipinski definition) is 0. The third-order valence-electron chi connectivity index (χ3n) is 4.39. The van der Waals surface area contributed by atoms with Crippen molar-refractivity contribution < 1.29 is 0 Å². The van der Waals surface area contributed by atoms with E-state index in [1.54, 1.807) is 20.4 Å². The summed E-state index contributed by atoms with van der Waals surface area (Å²) in [6.07, 6.45) is 0. The van der Waals surface area contributed by atoms with Gasteiger partial charge in [0.15, 0.2) is 10.6 Å². The summed E-state index contributed by atoms with van der Waals surface area (Å²) in [6.45, 7) is 0. The van der Waals surface area contributed by atoms with Crippen LogP contribution in [0.1, 0.15) is 0 Å². The molecule has 2 aromatic carbocycles. The lowest BCUT2D eigenvalue weighted by Gasteiger charge is -1.96. The zero-order valence-corrected chi connectivity index (χ0v) is 17.2. The Hall–Kier alpha value is -2.37. The van der Waals surface area contributed by atoms with E-state index >= 15 is 0 Å². The molecule has 6 aromatic rings. The molecule has 0 N–H and O–H groups in total. The largest absolute Gasteiger partial charge is 0.271 e. The topological polar surface area (TPSA) is 65.1 Å². The summed E-state index contributed by atoms with van der Waals surface area (Å²) < 4.78 is 6.23. The number of nitrogens with zero attached hydrogens (tertiary/aromatic N) is 5. The molecule has 4 aromatic heterocycles. The minimum Gasteiger partial charge on any atom is -0.268 e. The van der Waals surface area contributed by atoms with Crippen molar-refractivity contribution in [2.24, 2.45) is 0 Å². The van der Waals surface area contributed by atoms with Gasteiger partial charge in [-0.25, -0.2) is 4.98 Å². The van der Waals surface area contributed by atoms with Crippen molar-refractivity contribution in [1.29, 1.82) is 0 Å². The maximum atomic E-state index is 13.3. The molecule has 0 aliphatic heterocycles. The molecule has 0 saturated carbocycles. The SMILES string of the molecule is O=c1c2c(I)n(-c3nc4ccccc4s3)nc2nc2sc3ccccc3n12. The minimum atomic E-state index is -0.0933. The number of fused-ring (bicyclic) bond motifs is 5. The number of rotatable bonds is 1. The van der Waals surface area contributed by atoms with Crippen LogP contribution in [0.3, 0.4) is 0 Å². The van der Waals surface area contributed by atoms with Crippen LogP contribution in [0.4, 0.5) is 0 Å². The van der Waals surface area contributed by atoms with Gasteiger partial charge in [0.25, 0.3) is 5.56 Å². The molecule has 27 heavy (non-hydrogen) atoms. The first-order valence-electron chi connectivity index (χ1n) is 8.05. The standard InChI is InChI=1S/C18H8IN5OS2/c19-14-13-15(22-24(14)18-20-9-5-1-3-7-11(9)26-18)21-17-23(16(13)25)10-6-2-4-8-12(10)27-17/h1-8H. The van der Waals surface area contributed by atoms with Crippen molar-refractivity contribution in [3.05, 3.63) is 62.6 Å². The molecule has 0 atom stereocenters. The van der Waals surface area contributed by atoms with Gasteiger partial charge in [-0.05, 0) is 46.9 Å². The zero-order valence-electron chi connectivity index (χ0n) is 13.5. The Kier molecular flexibility index (Phi) is 3.23. The quantitative estimate of drug-likeness (QED) is 0.312. The molecule has 6 nitrogen and oxygen atoms in total. The number of hydrogen-bond acceptors (Lipinski definition) is 6. The third-order valence-corrected chi connectivity index (χ3v) is 7.42.